The molecule has 2 atom stereocenters. The molecule has 2 heterocycles. The molecule has 0 radical (unpaired) electrons. The molecule has 2 unspecified atom stereocenters. The average molecular weight is 237 g/mol. The second kappa shape index (κ2) is 4.87. The number of likely N-dealkylation sites (tertiary alicyclic amines) is 1. The fraction of sp³-hybridized carbons (Fsp3) is 0.667. The average Bonchev–Trinajstić information content (AvgIpc) is 2.74. The summed E-state index contributed by atoms with van der Waals surface area (Å²) in [6.07, 6.45) is 4.44. The molecule has 1 saturated heterocycles. The highest BCUT2D eigenvalue weighted by molar-refractivity contribution is 5.92. The minimum atomic E-state index is -0.0815. The number of carbonyl (C=O) groups is 1. The summed E-state index contributed by atoms with van der Waals surface area (Å²) in [5.41, 5.74) is 6.59. The van der Waals surface area contributed by atoms with Crippen LogP contribution in [0.1, 0.15) is 42.4 Å². The fourth-order valence-electron chi connectivity index (χ4n) is 2.39. The first-order valence-electron chi connectivity index (χ1n) is 6.08. The van der Waals surface area contributed by atoms with E-state index in [1.54, 1.807) is 6.92 Å². The van der Waals surface area contributed by atoms with Crippen LogP contribution >= 0.6 is 0 Å². The summed E-state index contributed by atoms with van der Waals surface area (Å²) in [7, 11) is 0. The fourth-order valence-corrected chi connectivity index (χ4v) is 2.39. The first-order chi connectivity index (χ1) is 8.11. The Balaban J connectivity index is 2.20. The van der Waals surface area contributed by atoms with Crippen LogP contribution in [0.2, 0.25) is 0 Å². The lowest BCUT2D eigenvalue weighted by molar-refractivity contribution is 0.0550. The van der Waals surface area contributed by atoms with E-state index >= 15 is 0 Å². The molecule has 1 aliphatic heterocycles. The Morgan fingerprint density at radius 2 is 2.41 bits per heavy atom. The molecule has 1 aromatic rings. The van der Waals surface area contributed by atoms with Crippen molar-refractivity contribution in [3.05, 3.63) is 17.8 Å². The van der Waals surface area contributed by atoms with Crippen LogP contribution in [-0.4, -0.2) is 34.4 Å². The van der Waals surface area contributed by atoms with Gasteiger partial charge in [0.2, 0.25) is 5.76 Å². The summed E-state index contributed by atoms with van der Waals surface area (Å²) in [6, 6.07) is 0.100. The molecule has 2 N–H and O–H groups in total. The molecule has 1 fully saturated rings. The molecule has 1 aliphatic rings. The van der Waals surface area contributed by atoms with Crippen molar-refractivity contribution in [3.8, 4) is 0 Å². The maximum absolute atomic E-state index is 12.3. The van der Waals surface area contributed by atoms with Crippen LogP contribution in [0.3, 0.4) is 0 Å². The molecule has 0 aliphatic carbocycles. The Labute approximate surface area is 101 Å². The summed E-state index contributed by atoms with van der Waals surface area (Å²) < 4.78 is 5.16. The third-order valence-corrected chi connectivity index (χ3v) is 3.36. The van der Waals surface area contributed by atoms with Gasteiger partial charge in [0, 0.05) is 18.6 Å². The van der Waals surface area contributed by atoms with E-state index in [9.17, 15) is 4.79 Å². The lowest BCUT2D eigenvalue weighted by Crippen LogP contribution is -2.51. The quantitative estimate of drug-likeness (QED) is 0.842. The number of nitrogens with two attached hydrogens (primary N) is 1. The third kappa shape index (κ3) is 2.34. The van der Waals surface area contributed by atoms with Gasteiger partial charge in [-0.15, -0.1) is 0 Å². The summed E-state index contributed by atoms with van der Waals surface area (Å²) >= 11 is 0. The van der Waals surface area contributed by atoms with Gasteiger partial charge in [-0.05, 0) is 33.1 Å². The van der Waals surface area contributed by atoms with Crippen molar-refractivity contribution in [1.29, 1.82) is 0 Å². The zero-order chi connectivity index (χ0) is 12.4. The number of oxazole rings is 1. The predicted octanol–water partition coefficient (Wildman–Crippen LogP) is 1.32. The minimum absolute atomic E-state index is 0.0116. The third-order valence-electron chi connectivity index (χ3n) is 3.36. The highest BCUT2D eigenvalue weighted by atomic mass is 16.3. The largest absolute Gasteiger partial charge is 0.438 e. The van der Waals surface area contributed by atoms with E-state index in [4.69, 9.17) is 10.2 Å². The Morgan fingerprint density at radius 1 is 1.65 bits per heavy atom. The predicted molar refractivity (Wildman–Crippen MR) is 63.6 cm³/mol. The van der Waals surface area contributed by atoms with Crippen molar-refractivity contribution < 1.29 is 9.21 Å². The van der Waals surface area contributed by atoms with Crippen molar-refractivity contribution in [3.63, 3.8) is 0 Å². The molecule has 94 valence electrons. The van der Waals surface area contributed by atoms with Gasteiger partial charge < -0.3 is 15.1 Å². The SMILES string of the molecule is Cc1ncoc1C(=O)N1CCCCC1C(C)N. The van der Waals surface area contributed by atoms with E-state index in [0.29, 0.717) is 11.5 Å². The molecule has 5 nitrogen and oxygen atoms in total. The van der Waals surface area contributed by atoms with Gasteiger partial charge in [-0.2, -0.15) is 0 Å². The Hall–Kier alpha value is -1.36. The van der Waals surface area contributed by atoms with Crippen LogP contribution in [-0.2, 0) is 0 Å². The second-order valence-electron chi connectivity index (χ2n) is 4.69. The Bertz CT molecular complexity index is 400. The van der Waals surface area contributed by atoms with E-state index in [0.717, 1.165) is 25.8 Å². The zero-order valence-electron chi connectivity index (χ0n) is 10.3. The van der Waals surface area contributed by atoms with Gasteiger partial charge in [0.15, 0.2) is 6.39 Å². The molecule has 0 bridgehead atoms. The normalized spacial score (nSPS) is 22.5. The van der Waals surface area contributed by atoms with Crippen molar-refractivity contribution in [2.75, 3.05) is 6.54 Å². The molecule has 2 rings (SSSR count). The number of piperidine rings is 1. The van der Waals surface area contributed by atoms with Crippen LogP contribution in [0.5, 0.6) is 0 Å². The lowest BCUT2D eigenvalue weighted by Gasteiger charge is -2.37. The van der Waals surface area contributed by atoms with Gasteiger partial charge in [-0.25, -0.2) is 4.98 Å². The number of aryl methyl sites for hydroxylation is 1. The Morgan fingerprint density at radius 3 is 3.00 bits per heavy atom. The number of hydrogen-bond donors (Lipinski definition) is 1. The number of amides is 1. The van der Waals surface area contributed by atoms with Crippen LogP contribution in [0.25, 0.3) is 0 Å². The number of rotatable bonds is 2. The smallest absolute Gasteiger partial charge is 0.291 e. The zero-order valence-corrected chi connectivity index (χ0v) is 10.3. The van der Waals surface area contributed by atoms with Crippen LogP contribution in [0, 0.1) is 6.92 Å². The maximum atomic E-state index is 12.3. The first-order valence-corrected chi connectivity index (χ1v) is 6.08. The number of nitrogens with zero attached hydrogens (tertiary/aromatic N) is 2. The van der Waals surface area contributed by atoms with E-state index in [1.165, 1.54) is 6.39 Å². The summed E-state index contributed by atoms with van der Waals surface area (Å²) in [4.78, 5) is 18.1. The van der Waals surface area contributed by atoms with Crippen molar-refractivity contribution in [2.45, 2.75) is 45.2 Å². The number of aromatic nitrogens is 1. The van der Waals surface area contributed by atoms with Gasteiger partial charge in [0.1, 0.15) is 0 Å². The van der Waals surface area contributed by atoms with Gasteiger partial charge in [0.05, 0.1) is 5.69 Å². The van der Waals surface area contributed by atoms with Crippen LogP contribution < -0.4 is 5.73 Å². The van der Waals surface area contributed by atoms with E-state index in [1.807, 2.05) is 11.8 Å². The monoisotopic (exact) mass is 237 g/mol. The maximum Gasteiger partial charge on any atom is 0.291 e. The van der Waals surface area contributed by atoms with Crippen LogP contribution in [0.15, 0.2) is 10.8 Å². The van der Waals surface area contributed by atoms with E-state index < -0.39 is 0 Å². The second-order valence-corrected chi connectivity index (χ2v) is 4.69. The summed E-state index contributed by atoms with van der Waals surface area (Å²) in [6.45, 7) is 4.48. The highest BCUT2D eigenvalue weighted by Gasteiger charge is 2.32. The molecular weight excluding hydrogens is 218 g/mol. The summed E-state index contributed by atoms with van der Waals surface area (Å²) in [5, 5.41) is 0. The van der Waals surface area contributed by atoms with Gasteiger partial charge in [-0.1, -0.05) is 0 Å². The van der Waals surface area contributed by atoms with Crippen molar-refractivity contribution in [1.82, 2.24) is 9.88 Å². The first kappa shape index (κ1) is 12.1. The molecule has 1 aromatic heterocycles. The molecular formula is C12H19N3O2. The molecule has 17 heavy (non-hydrogen) atoms. The molecule has 0 saturated carbocycles. The van der Waals surface area contributed by atoms with Gasteiger partial charge in [0.25, 0.3) is 5.91 Å². The van der Waals surface area contributed by atoms with Gasteiger partial charge >= 0.3 is 0 Å². The number of hydrogen-bond acceptors (Lipinski definition) is 4. The Kier molecular flexibility index (Phi) is 3.47. The molecule has 5 heteroatoms. The van der Waals surface area contributed by atoms with Crippen LogP contribution in [0.4, 0.5) is 0 Å². The highest BCUT2D eigenvalue weighted by Crippen LogP contribution is 2.22. The van der Waals surface area contributed by atoms with E-state index in [2.05, 4.69) is 4.98 Å². The lowest BCUT2D eigenvalue weighted by atomic mass is 9.96. The summed E-state index contributed by atoms with van der Waals surface area (Å²) in [5.74, 6) is 0.263. The van der Waals surface area contributed by atoms with Crippen molar-refractivity contribution >= 4 is 5.91 Å². The van der Waals surface area contributed by atoms with Gasteiger partial charge in [-0.3, -0.25) is 4.79 Å². The number of carbonyl (C=O) groups excluding carboxylic acids is 1. The topological polar surface area (TPSA) is 72.4 Å². The minimum Gasteiger partial charge on any atom is -0.438 e. The molecule has 0 aromatic carbocycles. The molecule has 1 amide bonds. The van der Waals surface area contributed by atoms with E-state index in [-0.39, 0.29) is 18.0 Å². The van der Waals surface area contributed by atoms with Crippen molar-refractivity contribution in [2.24, 2.45) is 5.73 Å². The standard InChI is InChI=1S/C12H19N3O2/c1-8(13)10-5-3-4-6-15(10)12(16)11-9(2)14-7-17-11/h7-8,10H,3-6,13H2,1-2H3. The molecule has 0 spiro atoms.